The maximum absolute atomic E-state index is 13.1. The molecule has 3 aliphatic rings. The van der Waals surface area contributed by atoms with Crippen molar-refractivity contribution in [2.75, 3.05) is 39.3 Å². The lowest BCUT2D eigenvalue weighted by molar-refractivity contribution is -0.136. The highest BCUT2D eigenvalue weighted by Gasteiger charge is 2.38. The van der Waals surface area contributed by atoms with E-state index in [-0.39, 0.29) is 29.8 Å². The molecule has 0 aromatic heterocycles. The van der Waals surface area contributed by atoms with Crippen LogP contribution in [0.3, 0.4) is 0 Å². The minimum absolute atomic E-state index is 0.0257. The molecule has 0 spiro atoms. The third-order valence-corrected chi connectivity index (χ3v) is 6.32. The van der Waals surface area contributed by atoms with Crippen LogP contribution >= 0.6 is 0 Å². The van der Waals surface area contributed by atoms with Gasteiger partial charge in [0, 0.05) is 51.2 Å². The molecule has 3 saturated heterocycles. The van der Waals surface area contributed by atoms with E-state index in [1.165, 1.54) is 5.56 Å². The fourth-order valence-electron chi connectivity index (χ4n) is 4.78. The maximum atomic E-state index is 13.1. The molecule has 4 rings (SSSR count). The first-order chi connectivity index (χ1) is 13.1. The Bertz CT molecular complexity index is 674. The molecule has 3 heterocycles. The first-order valence-electron chi connectivity index (χ1n) is 10.3. The number of nitrogens with two attached hydrogens (primary N) is 1. The molecule has 1 aromatic rings. The van der Waals surface area contributed by atoms with Gasteiger partial charge in [-0.15, -0.1) is 0 Å². The van der Waals surface area contributed by atoms with Crippen molar-refractivity contribution < 1.29 is 9.59 Å². The van der Waals surface area contributed by atoms with Crippen molar-refractivity contribution >= 4 is 11.9 Å². The van der Waals surface area contributed by atoms with E-state index in [4.69, 9.17) is 5.73 Å². The number of amides is 3. The molecule has 3 aliphatic heterocycles. The number of nitrogens with zero attached hydrogens (tertiary/aromatic N) is 3. The zero-order chi connectivity index (χ0) is 18.8. The monoisotopic (exact) mass is 370 g/mol. The number of hydrogen-bond acceptors (Lipinski definition) is 3. The van der Waals surface area contributed by atoms with Crippen LogP contribution in [0.4, 0.5) is 4.79 Å². The highest BCUT2D eigenvalue weighted by Crippen LogP contribution is 2.29. The number of rotatable bonds is 2. The van der Waals surface area contributed by atoms with Crippen LogP contribution in [0.5, 0.6) is 0 Å². The fraction of sp³-hybridized carbons (Fsp3) is 0.619. The predicted molar refractivity (Wildman–Crippen MR) is 104 cm³/mol. The summed E-state index contributed by atoms with van der Waals surface area (Å²) in [7, 11) is 0. The lowest BCUT2D eigenvalue weighted by Gasteiger charge is -2.36. The number of hydrogen-bond donors (Lipinski definition) is 1. The van der Waals surface area contributed by atoms with Crippen LogP contribution in [0.15, 0.2) is 30.3 Å². The van der Waals surface area contributed by atoms with Crippen molar-refractivity contribution in [1.29, 1.82) is 0 Å². The Morgan fingerprint density at radius 1 is 0.852 bits per heavy atom. The molecular formula is C21H30N4O2. The van der Waals surface area contributed by atoms with Gasteiger partial charge in [0.2, 0.25) is 5.91 Å². The molecule has 146 valence electrons. The Morgan fingerprint density at radius 3 is 2.30 bits per heavy atom. The van der Waals surface area contributed by atoms with Gasteiger partial charge in [0.1, 0.15) is 0 Å². The van der Waals surface area contributed by atoms with E-state index in [9.17, 15) is 9.59 Å². The summed E-state index contributed by atoms with van der Waals surface area (Å²) in [5, 5.41) is 0. The molecule has 3 atom stereocenters. The minimum Gasteiger partial charge on any atom is -0.340 e. The first-order valence-corrected chi connectivity index (χ1v) is 10.3. The van der Waals surface area contributed by atoms with Gasteiger partial charge in [-0.1, -0.05) is 30.3 Å². The molecule has 0 aliphatic carbocycles. The van der Waals surface area contributed by atoms with Gasteiger partial charge in [-0.25, -0.2) is 4.79 Å². The van der Waals surface area contributed by atoms with Gasteiger partial charge in [-0.05, 0) is 31.2 Å². The number of urea groups is 1. The van der Waals surface area contributed by atoms with Crippen molar-refractivity contribution in [3.05, 3.63) is 35.9 Å². The zero-order valence-corrected chi connectivity index (χ0v) is 15.9. The van der Waals surface area contributed by atoms with Gasteiger partial charge in [0.05, 0.1) is 5.92 Å². The fourth-order valence-corrected chi connectivity index (χ4v) is 4.78. The van der Waals surface area contributed by atoms with E-state index < -0.39 is 0 Å². The second-order valence-electron chi connectivity index (χ2n) is 8.19. The molecule has 0 radical (unpaired) electrons. The molecule has 1 unspecified atom stereocenters. The van der Waals surface area contributed by atoms with E-state index in [2.05, 4.69) is 12.1 Å². The number of carbonyl (C=O) groups excluding carboxylic acids is 2. The van der Waals surface area contributed by atoms with Gasteiger partial charge in [0.15, 0.2) is 0 Å². The summed E-state index contributed by atoms with van der Waals surface area (Å²) in [5.41, 5.74) is 7.57. The number of likely N-dealkylation sites (tertiary alicyclic amines) is 3. The average molecular weight is 370 g/mol. The number of carbonyl (C=O) groups is 2. The normalized spacial score (nSPS) is 28.6. The van der Waals surface area contributed by atoms with Crippen molar-refractivity contribution in [3.63, 3.8) is 0 Å². The summed E-state index contributed by atoms with van der Waals surface area (Å²) in [6.45, 7) is 4.32. The van der Waals surface area contributed by atoms with Crippen LogP contribution in [0.2, 0.25) is 0 Å². The Hall–Kier alpha value is -2.08. The minimum atomic E-state index is -0.0907. The smallest absolute Gasteiger partial charge is 0.320 e. The van der Waals surface area contributed by atoms with Gasteiger partial charge < -0.3 is 20.4 Å². The Labute approximate surface area is 161 Å². The van der Waals surface area contributed by atoms with Crippen molar-refractivity contribution in [3.8, 4) is 0 Å². The molecule has 6 heteroatoms. The summed E-state index contributed by atoms with van der Waals surface area (Å²) in [5.74, 6) is 0.274. The molecule has 6 nitrogen and oxygen atoms in total. The van der Waals surface area contributed by atoms with Crippen molar-refractivity contribution in [2.45, 2.75) is 37.6 Å². The molecule has 2 N–H and O–H groups in total. The number of benzene rings is 1. The SMILES string of the molecule is N[C@@H]1CN(C(=O)C2CCCN(C(=O)N3CCCC3)C2)C[C@H]1c1ccccc1. The van der Waals surface area contributed by atoms with E-state index in [1.807, 2.05) is 32.9 Å². The highest BCUT2D eigenvalue weighted by molar-refractivity contribution is 5.81. The largest absolute Gasteiger partial charge is 0.340 e. The van der Waals surface area contributed by atoms with Crippen LogP contribution in [0.1, 0.15) is 37.2 Å². The third-order valence-electron chi connectivity index (χ3n) is 6.32. The average Bonchev–Trinajstić information content (AvgIpc) is 3.37. The standard InChI is InChI=1S/C21H30N4O2/c22-19-15-25(14-18(19)16-7-2-1-3-8-16)20(26)17-9-6-12-24(13-17)21(27)23-10-4-5-11-23/h1-3,7-8,17-19H,4-6,9-15,22H2/t17?,18-,19+/m0/s1. The molecule has 3 fully saturated rings. The van der Waals surface area contributed by atoms with Crippen molar-refractivity contribution in [1.82, 2.24) is 14.7 Å². The molecular weight excluding hydrogens is 340 g/mol. The van der Waals surface area contributed by atoms with Crippen LogP contribution in [-0.4, -0.2) is 71.9 Å². The summed E-state index contributed by atoms with van der Waals surface area (Å²) in [4.78, 5) is 31.6. The molecule has 3 amide bonds. The highest BCUT2D eigenvalue weighted by atomic mass is 16.2. The van der Waals surface area contributed by atoms with E-state index in [0.29, 0.717) is 19.6 Å². The zero-order valence-electron chi connectivity index (χ0n) is 15.9. The Balaban J connectivity index is 1.38. The topological polar surface area (TPSA) is 69.9 Å². The van der Waals surface area contributed by atoms with E-state index in [0.717, 1.165) is 45.3 Å². The lowest BCUT2D eigenvalue weighted by atomic mass is 9.95. The molecule has 1 aromatic carbocycles. The van der Waals surface area contributed by atoms with Gasteiger partial charge in [0.25, 0.3) is 0 Å². The van der Waals surface area contributed by atoms with E-state index >= 15 is 0 Å². The van der Waals surface area contributed by atoms with E-state index in [1.54, 1.807) is 0 Å². The summed E-state index contributed by atoms with van der Waals surface area (Å²) < 4.78 is 0. The molecule has 0 saturated carbocycles. The third kappa shape index (κ3) is 3.81. The second-order valence-corrected chi connectivity index (χ2v) is 8.19. The van der Waals surface area contributed by atoms with Gasteiger partial charge in [-0.2, -0.15) is 0 Å². The van der Waals surface area contributed by atoms with Crippen LogP contribution in [0.25, 0.3) is 0 Å². The predicted octanol–water partition coefficient (Wildman–Crippen LogP) is 1.87. The maximum Gasteiger partial charge on any atom is 0.320 e. The van der Waals surface area contributed by atoms with Crippen LogP contribution in [0, 0.1) is 5.92 Å². The first kappa shape index (κ1) is 18.3. The summed E-state index contributed by atoms with van der Waals surface area (Å²) >= 11 is 0. The lowest BCUT2D eigenvalue weighted by Crippen LogP contribution is -2.50. The number of piperidine rings is 1. The molecule has 0 bridgehead atoms. The quantitative estimate of drug-likeness (QED) is 0.864. The Morgan fingerprint density at radius 2 is 1.56 bits per heavy atom. The molecule has 27 heavy (non-hydrogen) atoms. The summed E-state index contributed by atoms with van der Waals surface area (Å²) in [6, 6.07) is 10.3. The van der Waals surface area contributed by atoms with Crippen LogP contribution < -0.4 is 5.73 Å². The second kappa shape index (κ2) is 7.89. The Kier molecular flexibility index (Phi) is 5.34. The van der Waals surface area contributed by atoms with Gasteiger partial charge >= 0.3 is 6.03 Å². The van der Waals surface area contributed by atoms with Crippen molar-refractivity contribution in [2.24, 2.45) is 11.7 Å². The summed E-state index contributed by atoms with van der Waals surface area (Å²) in [6.07, 6.45) is 3.95. The van der Waals surface area contributed by atoms with Gasteiger partial charge in [-0.3, -0.25) is 4.79 Å². The van der Waals surface area contributed by atoms with Crippen LogP contribution in [-0.2, 0) is 4.79 Å².